The molecule has 0 saturated heterocycles. The first-order chi connectivity index (χ1) is 14.7. The smallest absolute Gasteiger partial charge is 0.411 e. The molecule has 0 aliphatic heterocycles. The van der Waals surface area contributed by atoms with E-state index >= 15 is 0 Å². The zero-order valence-electron chi connectivity index (χ0n) is 17.0. The molecule has 1 heterocycles. The fraction of sp³-hybridized carbons (Fsp3) is 0.304. The minimum absolute atomic E-state index is 0.434. The SMILES string of the molecule is COc1cc2nccc(Oc3ccc(NC(=O)OCC4CCC4)cc3)c2cc1OC. The molecule has 1 N–H and O–H groups in total. The molecule has 1 aromatic heterocycles. The van der Waals surface area contributed by atoms with Crippen LogP contribution >= 0.6 is 0 Å². The third kappa shape index (κ3) is 4.40. The van der Waals surface area contributed by atoms with Crippen molar-refractivity contribution in [2.24, 2.45) is 5.92 Å². The van der Waals surface area contributed by atoms with Crippen LogP contribution in [0.4, 0.5) is 10.5 Å². The van der Waals surface area contributed by atoms with E-state index in [0.29, 0.717) is 41.2 Å². The molecule has 1 aliphatic rings. The number of nitrogens with one attached hydrogen (secondary N) is 1. The molecule has 7 nitrogen and oxygen atoms in total. The number of hydrogen-bond donors (Lipinski definition) is 1. The number of hydrogen-bond acceptors (Lipinski definition) is 6. The zero-order valence-corrected chi connectivity index (χ0v) is 17.0. The summed E-state index contributed by atoms with van der Waals surface area (Å²) in [6, 6.07) is 12.6. The fourth-order valence-electron chi connectivity index (χ4n) is 3.28. The number of carbonyl (C=O) groups excluding carboxylic acids is 1. The molecular formula is C23H24N2O5. The summed E-state index contributed by atoms with van der Waals surface area (Å²) >= 11 is 0. The van der Waals surface area contributed by atoms with Gasteiger partial charge in [0.15, 0.2) is 11.5 Å². The lowest BCUT2D eigenvalue weighted by Gasteiger charge is -2.24. The van der Waals surface area contributed by atoms with Gasteiger partial charge in [-0.25, -0.2) is 4.79 Å². The van der Waals surface area contributed by atoms with Crippen LogP contribution in [0.25, 0.3) is 10.9 Å². The van der Waals surface area contributed by atoms with Gasteiger partial charge < -0.3 is 18.9 Å². The second-order valence-corrected chi connectivity index (χ2v) is 7.18. The summed E-state index contributed by atoms with van der Waals surface area (Å²) in [5.74, 6) is 2.99. The minimum Gasteiger partial charge on any atom is -0.493 e. The van der Waals surface area contributed by atoms with Gasteiger partial charge in [-0.15, -0.1) is 0 Å². The van der Waals surface area contributed by atoms with Crippen molar-refractivity contribution in [3.05, 3.63) is 48.7 Å². The Morgan fingerprint density at radius 1 is 1.03 bits per heavy atom. The zero-order chi connectivity index (χ0) is 20.9. The van der Waals surface area contributed by atoms with E-state index in [9.17, 15) is 4.79 Å². The van der Waals surface area contributed by atoms with Crippen LogP contribution in [0.15, 0.2) is 48.7 Å². The van der Waals surface area contributed by atoms with Gasteiger partial charge in [0.2, 0.25) is 0 Å². The number of nitrogens with zero attached hydrogens (tertiary/aromatic N) is 1. The first kappa shape index (κ1) is 19.8. The average Bonchev–Trinajstić information content (AvgIpc) is 2.73. The molecule has 1 aliphatic carbocycles. The quantitative estimate of drug-likeness (QED) is 0.564. The Hall–Kier alpha value is -3.48. The lowest BCUT2D eigenvalue weighted by atomic mass is 9.86. The molecule has 0 unspecified atom stereocenters. The standard InChI is InChI=1S/C23H24N2O5/c1-27-21-12-18-19(13-22(21)28-2)24-11-10-20(18)30-17-8-6-16(7-9-17)25-23(26)29-14-15-4-3-5-15/h6-13,15H,3-5,14H2,1-2H3,(H,25,26). The van der Waals surface area contributed by atoms with E-state index < -0.39 is 6.09 Å². The van der Waals surface area contributed by atoms with Gasteiger partial charge in [0, 0.05) is 23.3 Å². The van der Waals surface area contributed by atoms with Gasteiger partial charge in [0.25, 0.3) is 0 Å². The van der Waals surface area contributed by atoms with E-state index in [4.69, 9.17) is 18.9 Å². The summed E-state index contributed by atoms with van der Waals surface area (Å²) in [4.78, 5) is 16.3. The molecule has 2 aromatic carbocycles. The van der Waals surface area contributed by atoms with Crippen molar-refractivity contribution in [1.82, 2.24) is 4.98 Å². The third-order valence-corrected chi connectivity index (χ3v) is 5.21. The van der Waals surface area contributed by atoms with Gasteiger partial charge in [-0.1, -0.05) is 6.42 Å². The molecule has 1 amide bonds. The highest BCUT2D eigenvalue weighted by atomic mass is 16.5. The number of methoxy groups -OCH3 is 2. The van der Waals surface area contributed by atoms with Gasteiger partial charge in [-0.2, -0.15) is 0 Å². The minimum atomic E-state index is -0.434. The first-order valence-electron chi connectivity index (χ1n) is 9.88. The number of benzene rings is 2. The van der Waals surface area contributed by atoms with E-state index in [1.807, 2.05) is 12.1 Å². The molecule has 156 valence electrons. The summed E-state index contributed by atoms with van der Waals surface area (Å²) < 4.78 is 22.0. The largest absolute Gasteiger partial charge is 0.493 e. The lowest BCUT2D eigenvalue weighted by Crippen LogP contribution is -2.22. The summed E-state index contributed by atoms with van der Waals surface area (Å²) in [5.41, 5.74) is 1.38. The number of aromatic nitrogens is 1. The molecule has 0 radical (unpaired) electrons. The van der Waals surface area contributed by atoms with Crippen molar-refractivity contribution >= 4 is 22.7 Å². The van der Waals surface area contributed by atoms with Crippen LogP contribution in [-0.4, -0.2) is 31.9 Å². The highest BCUT2D eigenvalue weighted by Gasteiger charge is 2.19. The van der Waals surface area contributed by atoms with E-state index in [1.165, 1.54) is 6.42 Å². The first-order valence-corrected chi connectivity index (χ1v) is 9.88. The van der Waals surface area contributed by atoms with Crippen molar-refractivity contribution in [2.75, 3.05) is 26.1 Å². The lowest BCUT2D eigenvalue weighted by molar-refractivity contribution is 0.115. The highest BCUT2D eigenvalue weighted by molar-refractivity contribution is 5.88. The van der Waals surface area contributed by atoms with Crippen LogP contribution in [-0.2, 0) is 4.74 Å². The molecule has 0 bridgehead atoms. The van der Waals surface area contributed by atoms with Crippen molar-refractivity contribution < 1.29 is 23.7 Å². The van der Waals surface area contributed by atoms with E-state index in [0.717, 1.165) is 23.7 Å². The monoisotopic (exact) mass is 408 g/mol. The molecule has 3 aromatic rings. The topological polar surface area (TPSA) is 78.9 Å². The second-order valence-electron chi connectivity index (χ2n) is 7.18. The number of anilines is 1. The van der Waals surface area contributed by atoms with Crippen LogP contribution in [0, 0.1) is 5.92 Å². The second kappa shape index (κ2) is 8.90. The summed E-state index contributed by atoms with van der Waals surface area (Å²) in [6.07, 6.45) is 4.75. The Labute approximate surface area is 174 Å². The summed E-state index contributed by atoms with van der Waals surface area (Å²) in [6.45, 7) is 0.483. The van der Waals surface area contributed by atoms with E-state index in [2.05, 4.69) is 10.3 Å². The van der Waals surface area contributed by atoms with Crippen LogP contribution in [0.2, 0.25) is 0 Å². The maximum atomic E-state index is 11.9. The highest BCUT2D eigenvalue weighted by Crippen LogP contribution is 2.37. The Morgan fingerprint density at radius 2 is 1.77 bits per heavy atom. The number of rotatable bonds is 7. The Balaban J connectivity index is 1.45. The summed E-state index contributed by atoms with van der Waals surface area (Å²) in [7, 11) is 3.17. The molecule has 4 rings (SSSR count). The maximum Gasteiger partial charge on any atom is 0.411 e. The molecule has 1 fully saturated rings. The molecule has 1 saturated carbocycles. The Morgan fingerprint density at radius 3 is 2.43 bits per heavy atom. The van der Waals surface area contributed by atoms with Gasteiger partial charge >= 0.3 is 6.09 Å². The molecule has 7 heteroatoms. The fourth-order valence-corrected chi connectivity index (χ4v) is 3.28. The maximum absolute atomic E-state index is 11.9. The van der Waals surface area contributed by atoms with Crippen LogP contribution < -0.4 is 19.5 Å². The predicted molar refractivity (Wildman–Crippen MR) is 114 cm³/mol. The number of ether oxygens (including phenoxy) is 4. The number of amides is 1. The Kier molecular flexibility index (Phi) is 5.88. The van der Waals surface area contributed by atoms with Gasteiger partial charge in [0.1, 0.15) is 11.5 Å². The van der Waals surface area contributed by atoms with E-state index in [-0.39, 0.29) is 0 Å². The van der Waals surface area contributed by atoms with Crippen LogP contribution in [0.3, 0.4) is 0 Å². The van der Waals surface area contributed by atoms with Crippen LogP contribution in [0.5, 0.6) is 23.0 Å². The van der Waals surface area contributed by atoms with Crippen molar-refractivity contribution in [1.29, 1.82) is 0 Å². The molecule has 0 atom stereocenters. The van der Waals surface area contributed by atoms with Gasteiger partial charge in [-0.05, 0) is 55.2 Å². The number of fused-ring (bicyclic) bond motifs is 1. The molecule has 0 spiro atoms. The Bertz CT molecular complexity index is 1030. The van der Waals surface area contributed by atoms with Gasteiger partial charge in [-0.3, -0.25) is 10.3 Å². The average molecular weight is 408 g/mol. The normalized spacial score (nSPS) is 13.4. The molecular weight excluding hydrogens is 384 g/mol. The molecule has 30 heavy (non-hydrogen) atoms. The predicted octanol–water partition coefficient (Wildman–Crippen LogP) is 5.39. The van der Waals surface area contributed by atoms with Gasteiger partial charge in [0.05, 0.1) is 26.3 Å². The summed E-state index contributed by atoms with van der Waals surface area (Å²) in [5, 5.41) is 3.54. The van der Waals surface area contributed by atoms with Crippen LogP contribution in [0.1, 0.15) is 19.3 Å². The third-order valence-electron chi connectivity index (χ3n) is 5.21. The number of pyridine rings is 1. The number of carbonyl (C=O) groups is 1. The van der Waals surface area contributed by atoms with Crippen molar-refractivity contribution in [3.8, 4) is 23.0 Å². The van der Waals surface area contributed by atoms with Crippen molar-refractivity contribution in [2.45, 2.75) is 19.3 Å². The van der Waals surface area contributed by atoms with Crippen molar-refractivity contribution in [3.63, 3.8) is 0 Å². The van der Waals surface area contributed by atoms with E-state index in [1.54, 1.807) is 50.7 Å².